The predicted molar refractivity (Wildman–Crippen MR) is 112 cm³/mol. The standard InChI is InChI=1S/C18H21N5O8S/c1-7-6-32-18-13(17(27)21(18)14(7)8(2)24)20-16(26)10(19)3-9-4-11(22(28)29)15(25)12(5-9)23(30)31/h4-5,7,10,13-14,18,25H,3,6,19H2,1-2H3,(H,20,26)/t7?,10?,13-,14?,18?/m0/s1. The number of ketones is 1. The molecule has 3 rings (SSSR count). The van der Waals surface area contributed by atoms with Gasteiger partial charge in [-0.2, -0.15) is 0 Å². The van der Waals surface area contributed by atoms with E-state index in [0.29, 0.717) is 5.75 Å². The van der Waals surface area contributed by atoms with E-state index in [9.17, 15) is 39.7 Å². The van der Waals surface area contributed by atoms with E-state index in [1.165, 1.54) is 23.6 Å². The van der Waals surface area contributed by atoms with Crippen LogP contribution in [-0.2, 0) is 20.8 Å². The summed E-state index contributed by atoms with van der Waals surface area (Å²) in [5, 5.41) is 34.0. The largest absolute Gasteiger partial charge is 0.497 e. The number of carbonyl (C=O) groups excluding carboxylic acids is 3. The number of carbonyl (C=O) groups is 3. The van der Waals surface area contributed by atoms with Gasteiger partial charge in [-0.15, -0.1) is 11.8 Å². The van der Waals surface area contributed by atoms with Crippen LogP contribution in [0.3, 0.4) is 0 Å². The van der Waals surface area contributed by atoms with Crippen LogP contribution in [0, 0.1) is 26.1 Å². The number of phenolic OH excluding ortho intramolecular Hbond substituents is 1. The molecule has 2 heterocycles. The zero-order valence-electron chi connectivity index (χ0n) is 17.1. The van der Waals surface area contributed by atoms with E-state index >= 15 is 0 Å². The minimum Gasteiger partial charge on any atom is -0.497 e. The summed E-state index contributed by atoms with van der Waals surface area (Å²) in [6.45, 7) is 3.29. The number of nitro groups is 2. The Balaban J connectivity index is 1.71. The Bertz CT molecular complexity index is 982. The second-order valence-corrected chi connectivity index (χ2v) is 8.95. The first-order chi connectivity index (χ1) is 14.9. The van der Waals surface area contributed by atoms with Gasteiger partial charge < -0.3 is 21.1 Å². The molecule has 13 nitrogen and oxygen atoms in total. The van der Waals surface area contributed by atoms with Crippen LogP contribution in [0.5, 0.6) is 5.75 Å². The number of nitrogens with two attached hydrogens (primary N) is 1. The third kappa shape index (κ3) is 4.10. The quantitative estimate of drug-likeness (QED) is 0.280. The number of thioether (sulfide) groups is 1. The number of β-lactam (4-membered cyclic amide) rings is 1. The molecule has 5 atom stereocenters. The van der Waals surface area contributed by atoms with Crippen molar-refractivity contribution in [1.82, 2.24) is 10.2 Å². The van der Waals surface area contributed by atoms with E-state index in [2.05, 4.69) is 5.32 Å². The molecule has 2 saturated heterocycles. The number of Topliss-reactive ketones (excluding diaryl/α,β-unsaturated/α-hetero) is 1. The Kier molecular flexibility index (Phi) is 6.37. The van der Waals surface area contributed by atoms with Gasteiger partial charge in [0.15, 0.2) is 5.78 Å². The van der Waals surface area contributed by atoms with E-state index in [4.69, 9.17) is 5.73 Å². The average molecular weight is 467 g/mol. The van der Waals surface area contributed by atoms with Gasteiger partial charge in [-0.3, -0.25) is 34.6 Å². The highest BCUT2D eigenvalue weighted by atomic mass is 32.2. The Hall–Kier alpha value is -3.26. The van der Waals surface area contributed by atoms with Gasteiger partial charge in [0.25, 0.3) is 5.75 Å². The fourth-order valence-electron chi connectivity index (χ4n) is 3.97. The van der Waals surface area contributed by atoms with Gasteiger partial charge in [-0.25, -0.2) is 0 Å². The summed E-state index contributed by atoms with van der Waals surface area (Å²) in [5.41, 5.74) is 4.12. The van der Waals surface area contributed by atoms with Crippen LogP contribution >= 0.6 is 11.8 Å². The van der Waals surface area contributed by atoms with Crippen molar-refractivity contribution in [2.75, 3.05) is 5.75 Å². The lowest BCUT2D eigenvalue weighted by Crippen LogP contribution is -2.76. The van der Waals surface area contributed by atoms with Crippen LogP contribution < -0.4 is 11.1 Å². The van der Waals surface area contributed by atoms with Crippen molar-refractivity contribution in [3.05, 3.63) is 37.9 Å². The van der Waals surface area contributed by atoms with E-state index < -0.39 is 62.3 Å². The Morgan fingerprint density at radius 1 is 1.31 bits per heavy atom. The summed E-state index contributed by atoms with van der Waals surface area (Å²) in [6, 6.07) is -0.870. The summed E-state index contributed by atoms with van der Waals surface area (Å²) < 4.78 is 0. The van der Waals surface area contributed by atoms with Crippen LogP contribution in [-0.4, -0.2) is 66.7 Å². The third-order valence-electron chi connectivity index (χ3n) is 5.48. The molecule has 2 aliphatic heterocycles. The van der Waals surface area contributed by atoms with E-state index in [-0.39, 0.29) is 23.7 Å². The fourth-order valence-corrected chi connectivity index (χ4v) is 5.42. The highest BCUT2D eigenvalue weighted by Gasteiger charge is 2.56. The van der Waals surface area contributed by atoms with Gasteiger partial charge >= 0.3 is 11.4 Å². The number of rotatable bonds is 7. The first-order valence-electron chi connectivity index (χ1n) is 9.58. The number of aromatic hydroxyl groups is 1. The topological polar surface area (TPSA) is 199 Å². The smallest absolute Gasteiger partial charge is 0.318 e. The number of fused-ring (bicyclic) bond motifs is 1. The SMILES string of the molecule is CC(=O)C1C(C)CSC2[C@@H](NC(=O)C(N)Cc3cc([N+](=O)[O-])c(O)c([N+](=O)[O-])c3)C(=O)N12. The van der Waals surface area contributed by atoms with Crippen molar-refractivity contribution in [3.63, 3.8) is 0 Å². The maximum absolute atomic E-state index is 12.6. The molecule has 1 aromatic rings. The van der Waals surface area contributed by atoms with Gasteiger partial charge in [-0.05, 0) is 24.8 Å². The molecule has 4 N–H and O–H groups in total. The summed E-state index contributed by atoms with van der Waals surface area (Å²) >= 11 is 1.44. The summed E-state index contributed by atoms with van der Waals surface area (Å²) in [5.74, 6) is -1.72. The van der Waals surface area contributed by atoms with Crippen LogP contribution in [0.2, 0.25) is 0 Å². The van der Waals surface area contributed by atoms with Crippen molar-refractivity contribution in [2.24, 2.45) is 11.7 Å². The van der Waals surface area contributed by atoms with Gasteiger partial charge in [0, 0.05) is 17.9 Å². The molecule has 2 aliphatic rings. The minimum absolute atomic E-state index is 0.00271. The Morgan fingerprint density at radius 2 is 1.88 bits per heavy atom. The summed E-state index contributed by atoms with van der Waals surface area (Å²) in [6.07, 6.45) is -0.302. The van der Waals surface area contributed by atoms with Crippen molar-refractivity contribution >= 4 is 40.7 Å². The van der Waals surface area contributed by atoms with E-state index in [1.54, 1.807) is 0 Å². The molecule has 172 valence electrons. The highest BCUT2D eigenvalue weighted by Crippen LogP contribution is 2.41. The molecule has 0 aliphatic carbocycles. The van der Waals surface area contributed by atoms with Crippen LogP contribution in [0.4, 0.5) is 11.4 Å². The van der Waals surface area contributed by atoms with Crippen LogP contribution in [0.15, 0.2) is 12.1 Å². The Morgan fingerprint density at radius 3 is 2.38 bits per heavy atom. The number of nitrogens with one attached hydrogen (secondary N) is 1. The monoisotopic (exact) mass is 467 g/mol. The fraction of sp³-hybridized carbons (Fsp3) is 0.500. The van der Waals surface area contributed by atoms with Crippen molar-refractivity contribution in [3.8, 4) is 5.75 Å². The number of nitrogens with zero attached hydrogens (tertiary/aromatic N) is 3. The molecule has 0 aromatic heterocycles. The summed E-state index contributed by atoms with van der Waals surface area (Å²) in [7, 11) is 0. The minimum atomic E-state index is -1.27. The normalized spacial score (nSPS) is 25.3. The first kappa shape index (κ1) is 23.4. The van der Waals surface area contributed by atoms with Gasteiger partial charge in [0.1, 0.15) is 11.4 Å². The number of hydrogen-bond donors (Lipinski definition) is 3. The molecular weight excluding hydrogens is 446 g/mol. The van der Waals surface area contributed by atoms with Crippen LogP contribution in [0.25, 0.3) is 0 Å². The number of benzene rings is 1. The lowest BCUT2D eigenvalue weighted by atomic mass is 9.92. The molecule has 32 heavy (non-hydrogen) atoms. The molecule has 0 radical (unpaired) electrons. The average Bonchev–Trinajstić information content (AvgIpc) is 2.71. The number of amides is 2. The zero-order chi connectivity index (χ0) is 23.9. The van der Waals surface area contributed by atoms with Crippen LogP contribution in [0.1, 0.15) is 19.4 Å². The lowest BCUT2D eigenvalue weighted by molar-refractivity contribution is -0.396. The van der Waals surface area contributed by atoms with Gasteiger partial charge in [-0.1, -0.05) is 6.92 Å². The second-order valence-electron chi connectivity index (χ2n) is 7.80. The molecule has 0 bridgehead atoms. The molecule has 2 fully saturated rings. The molecule has 4 unspecified atom stereocenters. The van der Waals surface area contributed by atoms with Gasteiger partial charge in [0.05, 0.1) is 21.9 Å². The van der Waals surface area contributed by atoms with Crippen molar-refractivity contribution in [2.45, 2.75) is 43.8 Å². The van der Waals surface area contributed by atoms with Crippen molar-refractivity contribution in [1.29, 1.82) is 0 Å². The first-order valence-corrected chi connectivity index (χ1v) is 10.6. The molecule has 0 saturated carbocycles. The predicted octanol–water partition coefficient (Wildman–Crippen LogP) is 0.0720. The lowest BCUT2D eigenvalue weighted by Gasteiger charge is -2.54. The summed E-state index contributed by atoms with van der Waals surface area (Å²) in [4.78, 5) is 58.7. The number of nitro benzene ring substituents is 2. The maximum Gasteiger partial charge on any atom is 0.318 e. The number of hydrogen-bond acceptors (Lipinski definition) is 10. The second kappa shape index (κ2) is 8.70. The van der Waals surface area contributed by atoms with E-state index in [0.717, 1.165) is 12.1 Å². The highest BCUT2D eigenvalue weighted by molar-refractivity contribution is 8.00. The number of phenols is 1. The third-order valence-corrected chi connectivity index (χ3v) is 7.04. The zero-order valence-corrected chi connectivity index (χ0v) is 17.9. The van der Waals surface area contributed by atoms with Gasteiger partial charge in [0.2, 0.25) is 11.8 Å². The molecule has 1 aromatic carbocycles. The van der Waals surface area contributed by atoms with E-state index in [1.807, 2.05) is 6.92 Å². The molecule has 14 heteroatoms. The molecular formula is C18H21N5O8S. The molecule has 2 amide bonds. The Labute approximate surface area is 185 Å². The molecule has 0 spiro atoms. The maximum atomic E-state index is 12.6. The van der Waals surface area contributed by atoms with Crippen molar-refractivity contribution < 1.29 is 29.3 Å².